The Morgan fingerprint density at radius 1 is 1.06 bits per heavy atom. The van der Waals surface area contributed by atoms with Crippen molar-refractivity contribution in [3.05, 3.63) is 52.8 Å². The molecule has 0 bridgehead atoms. The lowest BCUT2D eigenvalue weighted by Crippen LogP contribution is -2.42. The number of likely N-dealkylation sites (N-methyl/N-ethyl adjacent to an activating group) is 1. The largest absolute Gasteiger partial charge is 0.353 e. The molecule has 9 heteroatoms. The molecule has 1 N–H and O–H groups in total. The third kappa shape index (κ3) is 6.28. The van der Waals surface area contributed by atoms with Crippen LogP contribution in [0.2, 0.25) is 0 Å². The third-order valence-electron chi connectivity index (χ3n) is 6.85. The summed E-state index contributed by atoms with van der Waals surface area (Å²) in [5.41, 5.74) is 2.86. The summed E-state index contributed by atoms with van der Waals surface area (Å²) in [5.74, 6) is -0.690. The van der Waals surface area contributed by atoms with Crippen molar-refractivity contribution in [3.8, 4) is 0 Å². The van der Waals surface area contributed by atoms with E-state index in [1.54, 1.807) is 17.8 Å². The maximum Gasteiger partial charge on any atom is 0.274 e. The van der Waals surface area contributed by atoms with Gasteiger partial charge in [0.1, 0.15) is 5.69 Å². The number of benzene rings is 1. The van der Waals surface area contributed by atoms with Crippen molar-refractivity contribution in [2.45, 2.75) is 45.7 Å². The van der Waals surface area contributed by atoms with Crippen LogP contribution in [-0.2, 0) is 17.9 Å². The zero-order valence-corrected chi connectivity index (χ0v) is 20.8. The number of likely N-dealkylation sites (tertiary alicyclic amines) is 1. The number of rotatable bonds is 8. The van der Waals surface area contributed by atoms with Gasteiger partial charge in [0.15, 0.2) is 5.69 Å². The number of hydrogen-bond acceptors (Lipinski definition) is 5. The first-order valence-corrected chi connectivity index (χ1v) is 12.6. The van der Waals surface area contributed by atoms with E-state index in [0.29, 0.717) is 31.9 Å². The van der Waals surface area contributed by atoms with Gasteiger partial charge in [-0.25, -0.2) is 0 Å². The first kappa shape index (κ1) is 24.9. The van der Waals surface area contributed by atoms with E-state index in [1.165, 1.54) is 24.2 Å². The molecule has 1 aromatic heterocycles. The summed E-state index contributed by atoms with van der Waals surface area (Å²) < 4.78 is 1.62. The number of aryl methyl sites for hydroxylation is 2. The van der Waals surface area contributed by atoms with Crippen LogP contribution in [0, 0.1) is 6.92 Å². The van der Waals surface area contributed by atoms with Gasteiger partial charge in [-0.15, -0.1) is 0 Å². The van der Waals surface area contributed by atoms with Crippen LogP contribution in [-0.4, -0.2) is 88.5 Å². The average molecular weight is 481 g/mol. The highest BCUT2D eigenvalue weighted by Gasteiger charge is 2.28. The molecule has 0 aliphatic carbocycles. The number of amides is 3. The highest BCUT2D eigenvalue weighted by Crippen LogP contribution is 2.18. The SMILES string of the molecule is Cc1ccccc1CN1CCCn2nc(C(=O)N(C)CC(=O)NCCN3CCCCC3)cc2C1=O. The minimum absolute atomic E-state index is 0.0472. The smallest absolute Gasteiger partial charge is 0.274 e. The van der Waals surface area contributed by atoms with Crippen molar-refractivity contribution in [3.63, 3.8) is 0 Å². The molecule has 1 saturated heterocycles. The second-order valence-electron chi connectivity index (χ2n) is 9.56. The van der Waals surface area contributed by atoms with Gasteiger partial charge >= 0.3 is 0 Å². The van der Waals surface area contributed by atoms with Crippen LogP contribution >= 0.6 is 0 Å². The zero-order valence-electron chi connectivity index (χ0n) is 20.8. The molecule has 0 spiro atoms. The van der Waals surface area contributed by atoms with Gasteiger partial charge < -0.3 is 20.0 Å². The lowest BCUT2D eigenvalue weighted by Gasteiger charge is -2.26. The van der Waals surface area contributed by atoms with Gasteiger partial charge in [0.2, 0.25) is 5.91 Å². The molecule has 0 radical (unpaired) electrons. The van der Waals surface area contributed by atoms with Crippen molar-refractivity contribution >= 4 is 17.7 Å². The predicted octanol–water partition coefficient (Wildman–Crippen LogP) is 1.91. The quantitative estimate of drug-likeness (QED) is 0.623. The van der Waals surface area contributed by atoms with Gasteiger partial charge in [0.25, 0.3) is 11.8 Å². The number of aromatic nitrogens is 2. The van der Waals surface area contributed by atoms with E-state index in [0.717, 1.165) is 37.2 Å². The summed E-state index contributed by atoms with van der Waals surface area (Å²) in [4.78, 5) is 44.1. The summed E-state index contributed by atoms with van der Waals surface area (Å²) in [6.45, 7) is 7.30. The van der Waals surface area contributed by atoms with E-state index in [4.69, 9.17) is 0 Å². The molecule has 9 nitrogen and oxygen atoms in total. The summed E-state index contributed by atoms with van der Waals surface area (Å²) in [6, 6.07) is 9.60. The fourth-order valence-electron chi connectivity index (χ4n) is 4.76. The Hall–Kier alpha value is -3.20. The van der Waals surface area contributed by atoms with Crippen LogP contribution in [0.4, 0.5) is 0 Å². The van der Waals surface area contributed by atoms with E-state index >= 15 is 0 Å². The summed E-state index contributed by atoms with van der Waals surface area (Å²) in [7, 11) is 1.59. The van der Waals surface area contributed by atoms with E-state index in [9.17, 15) is 14.4 Å². The number of nitrogens with one attached hydrogen (secondary N) is 1. The summed E-state index contributed by atoms with van der Waals surface area (Å²) in [5, 5.41) is 7.32. The van der Waals surface area contributed by atoms with E-state index in [2.05, 4.69) is 15.3 Å². The van der Waals surface area contributed by atoms with Crippen LogP contribution in [0.3, 0.4) is 0 Å². The van der Waals surface area contributed by atoms with Crippen LogP contribution in [0.5, 0.6) is 0 Å². The van der Waals surface area contributed by atoms with Crippen molar-refractivity contribution in [2.75, 3.05) is 46.3 Å². The lowest BCUT2D eigenvalue weighted by atomic mass is 10.1. The standard InChI is InChI=1S/C26H36N6O3/c1-20-9-4-5-10-21(20)18-31-14-8-15-32-23(26(31)35)17-22(28-32)25(34)29(2)19-24(33)27-11-16-30-12-6-3-7-13-30/h4-5,9-10,17H,3,6-8,11-16,18-19H2,1-2H3,(H,27,33). The van der Waals surface area contributed by atoms with Gasteiger partial charge in [0.05, 0.1) is 6.54 Å². The van der Waals surface area contributed by atoms with Crippen molar-refractivity contribution in [2.24, 2.45) is 0 Å². The Morgan fingerprint density at radius 2 is 1.83 bits per heavy atom. The molecule has 188 valence electrons. The molecule has 2 aliphatic heterocycles. The average Bonchev–Trinajstić information content (AvgIpc) is 3.22. The molecule has 4 rings (SSSR count). The van der Waals surface area contributed by atoms with Crippen LogP contribution < -0.4 is 5.32 Å². The second kappa shape index (κ2) is 11.5. The molecular weight excluding hydrogens is 444 g/mol. The maximum atomic E-state index is 13.3. The van der Waals surface area contributed by atoms with Crippen molar-refractivity contribution < 1.29 is 14.4 Å². The molecular formula is C26H36N6O3. The monoisotopic (exact) mass is 480 g/mol. The molecule has 0 saturated carbocycles. The lowest BCUT2D eigenvalue weighted by molar-refractivity contribution is -0.121. The van der Waals surface area contributed by atoms with Gasteiger partial charge in [-0.2, -0.15) is 5.10 Å². The fraction of sp³-hybridized carbons (Fsp3) is 0.538. The molecule has 1 aromatic carbocycles. The number of carbonyl (C=O) groups is 3. The normalized spacial score (nSPS) is 16.5. The highest BCUT2D eigenvalue weighted by atomic mass is 16.2. The van der Waals surface area contributed by atoms with Crippen molar-refractivity contribution in [1.29, 1.82) is 0 Å². The molecule has 0 unspecified atom stereocenters. The molecule has 1 fully saturated rings. The first-order chi connectivity index (χ1) is 16.9. The van der Waals surface area contributed by atoms with Gasteiger partial charge in [-0.1, -0.05) is 30.7 Å². The Kier molecular flexibility index (Phi) is 8.17. The van der Waals surface area contributed by atoms with Gasteiger partial charge in [-0.05, 0) is 50.4 Å². The zero-order chi connectivity index (χ0) is 24.8. The highest BCUT2D eigenvalue weighted by molar-refractivity contribution is 5.99. The summed E-state index contributed by atoms with van der Waals surface area (Å²) >= 11 is 0. The van der Waals surface area contributed by atoms with Crippen LogP contribution in [0.25, 0.3) is 0 Å². The van der Waals surface area contributed by atoms with E-state index in [-0.39, 0.29) is 30.0 Å². The minimum atomic E-state index is -0.366. The number of carbonyl (C=O) groups excluding carboxylic acids is 3. The molecule has 2 aromatic rings. The van der Waals surface area contributed by atoms with Crippen LogP contribution in [0.1, 0.15) is 57.8 Å². The number of fused-ring (bicyclic) bond motifs is 1. The van der Waals surface area contributed by atoms with Crippen molar-refractivity contribution in [1.82, 2.24) is 29.8 Å². The third-order valence-corrected chi connectivity index (χ3v) is 6.85. The van der Waals surface area contributed by atoms with Gasteiger partial charge in [-0.3, -0.25) is 19.1 Å². The number of hydrogen-bond donors (Lipinski definition) is 1. The minimum Gasteiger partial charge on any atom is -0.353 e. The topological polar surface area (TPSA) is 90.8 Å². The Labute approximate surface area is 207 Å². The Morgan fingerprint density at radius 3 is 2.60 bits per heavy atom. The molecule has 3 amide bonds. The number of nitrogens with zero attached hydrogens (tertiary/aromatic N) is 5. The molecule has 3 heterocycles. The first-order valence-electron chi connectivity index (χ1n) is 12.6. The number of piperidine rings is 1. The van der Waals surface area contributed by atoms with Gasteiger partial charge in [0, 0.05) is 45.8 Å². The molecule has 0 atom stereocenters. The maximum absolute atomic E-state index is 13.3. The van der Waals surface area contributed by atoms with E-state index < -0.39 is 0 Å². The van der Waals surface area contributed by atoms with E-state index in [1.807, 2.05) is 36.1 Å². The predicted molar refractivity (Wildman–Crippen MR) is 133 cm³/mol. The Balaban J connectivity index is 1.33. The molecule has 35 heavy (non-hydrogen) atoms. The Bertz CT molecular complexity index is 1060. The fourth-order valence-corrected chi connectivity index (χ4v) is 4.76. The second-order valence-corrected chi connectivity index (χ2v) is 9.56. The molecule has 2 aliphatic rings. The summed E-state index contributed by atoms with van der Waals surface area (Å²) in [6.07, 6.45) is 4.47. The van der Waals surface area contributed by atoms with Crippen LogP contribution in [0.15, 0.2) is 30.3 Å².